The summed E-state index contributed by atoms with van der Waals surface area (Å²) in [7, 11) is 0. The van der Waals surface area contributed by atoms with Crippen LogP contribution in [-0.4, -0.2) is 31.8 Å². The number of aromatic nitrogens is 2. The molecule has 6 N–H and O–H groups in total. The van der Waals surface area contributed by atoms with Gasteiger partial charge in [-0.2, -0.15) is 0 Å². The number of nitrogens with one attached hydrogen (secondary N) is 4. The van der Waals surface area contributed by atoms with Gasteiger partial charge in [0.15, 0.2) is 0 Å². The van der Waals surface area contributed by atoms with Gasteiger partial charge < -0.3 is 30.8 Å². The first-order valence-electron chi connectivity index (χ1n) is 13.1. The predicted molar refractivity (Wildman–Crippen MR) is 144 cm³/mol. The number of hydrogen-bond acceptors (Lipinski definition) is 4. The summed E-state index contributed by atoms with van der Waals surface area (Å²) in [5, 5.41) is 32.3. The molecule has 6 heteroatoms. The largest absolute Gasteiger partial charge is 0.388 e. The second-order valence-corrected chi connectivity index (χ2v) is 11.7. The fourth-order valence-corrected chi connectivity index (χ4v) is 6.62. The lowest BCUT2D eigenvalue weighted by atomic mass is 9.84. The lowest BCUT2D eigenvalue weighted by Crippen LogP contribution is -2.33. The lowest BCUT2D eigenvalue weighted by molar-refractivity contribution is 0.141. The third kappa shape index (κ3) is 2.97. The van der Waals surface area contributed by atoms with E-state index in [-0.39, 0.29) is 12.0 Å². The van der Waals surface area contributed by atoms with E-state index in [1.807, 2.05) is 19.9 Å². The molecule has 4 aliphatic rings. The molecule has 36 heavy (non-hydrogen) atoms. The fourth-order valence-electron chi connectivity index (χ4n) is 6.62. The summed E-state index contributed by atoms with van der Waals surface area (Å²) >= 11 is 0. The quantitative estimate of drug-likeness (QED) is 0.345. The van der Waals surface area contributed by atoms with E-state index in [1.54, 1.807) is 0 Å². The first-order valence-corrected chi connectivity index (χ1v) is 13.1. The number of hydrogen-bond donors (Lipinski definition) is 6. The van der Waals surface area contributed by atoms with Crippen LogP contribution in [-0.2, 0) is 0 Å². The molecular formula is C30H38N4O2. The van der Waals surface area contributed by atoms with Crippen molar-refractivity contribution in [3.05, 3.63) is 73.1 Å². The number of allylic oxidation sites excluding steroid dienone is 2. The molecule has 0 saturated carbocycles. The molecule has 1 unspecified atom stereocenters. The van der Waals surface area contributed by atoms with E-state index in [0.29, 0.717) is 11.8 Å². The minimum atomic E-state index is -1.08. The Hall–Kier alpha value is -2.96. The van der Waals surface area contributed by atoms with Crippen LogP contribution >= 0.6 is 0 Å². The van der Waals surface area contributed by atoms with E-state index in [9.17, 15) is 10.2 Å². The number of aromatic amines is 2. The maximum absolute atomic E-state index is 11.5. The van der Waals surface area contributed by atoms with Gasteiger partial charge in [-0.1, -0.05) is 20.8 Å². The molecule has 190 valence electrons. The Morgan fingerprint density at radius 2 is 1.53 bits per heavy atom. The summed E-state index contributed by atoms with van der Waals surface area (Å²) in [5.41, 5.74) is 10.4. The van der Waals surface area contributed by atoms with Gasteiger partial charge >= 0.3 is 0 Å². The van der Waals surface area contributed by atoms with E-state index in [2.05, 4.69) is 74.3 Å². The molecule has 8 bridgehead atoms. The zero-order valence-electron chi connectivity index (χ0n) is 22.5. The molecule has 0 spiro atoms. The van der Waals surface area contributed by atoms with Crippen molar-refractivity contribution in [3.8, 4) is 0 Å². The van der Waals surface area contributed by atoms with E-state index in [1.165, 1.54) is 11.1 Å². The minimum absolute atomic E-state index is 0.0336. The Bertz CT molecular complexity index is 1530. The highest BCUT2D eigenvalue weighted by Crippen LogP contribution is 2.43. The van der Waals surface area contributed by atoms with Crippen molar-refractivity contribution in [1.82, 2.24) is 20.6 Å². The molecule has 1 aliphatic carbocycles. The molecule has 2 aromatic rings. The summed E-state index contributed by atoms with van der Waals surface area (Å²) in [6, 6.07) is 0.120. The van der Waals surface area contributed by atoms with Crippen molar-refractivity contribution in [2.24, 2.45) is 17.8 Å². The second-order valence-electron chi connectivity index (χ2n) is 11.7. The van der Waals surface area contributed by atoms with Crippen molar-refractivity contribution in [2.75, 3.05) is 0 Å². The molecule has 2 aromatic heterocycles. The van der Waals surface area contributed by atoms with Gasteiger partial charge in [0.05, 0.1) is 17.8 Å². The van der Waals surface area contributed by atoms with Crippen molar-refractivity contribution in [1.29, 1.82) is 0 Å². The van der Waals surface area contributed by atoms with Crippen molar-refractivity contribution < 1.29 is 10.2 Å². The minimum Gasteiger partial charge on any atom is -0.388 e. The second kappa shape index (κ2) is 7.53. The summed E-state index contributed by atoms with van der Waals surface area (Å²) in [6.07, 6.45) is 5.85. The Labute approximate surface area is 212 Å². The van der Waals surface area contributed by atoms with Gasteiger partial charge in [0.25, 0.3) is 0 Å². The molecule has 3 aliphatic heterocycles. The Morgan fingerprint density at radius 1 is 0.861 bits per heavy atom. The highest BCUT2D eigenvalue weighted by molar-refractivity contribution is 5.68. The highest BCUT2D eigenvalue weighted by Gasteiger charge is 2.44. The SMILES string of the molecule is CC1=C2/C=C3\NC(C4=c5[nH]/c(c(C)c5[C@H](O)[C@@H]4C)=C\c4[nH]c(c(C)c4C)/C=C(\N2)[C@@]1(C)O)[C@@H](C)[C@@H]3C. The van der Waals surface area contributed by atoms with Crippen molar-refractivity contribution in [2.45, 2.75) is 73.1 Å². The summed E-state index contributed by atoms with van der Waals surface area (Å²) in [5.74, 6) is 0.697. The van der Waals surface area contributed by atoms with Crippen LogP contribution in [0.5, 0.6) is 0 Å². The van der Waals surface area contributed by atoms with E-state index < -0.39 is 11.7 Å². The summed E-state index contributed by atoms with van der Waals surface area (Å²) in [6.45, 7) is 16.9. The van der Waals surface area contributed by atoms with Gasteiger partial charge in [-0.05, 0) is 86.6 Å². The van der Waals surface area contributed by atoms with Crippen LogP contribution in [0.1, 0.15) is 74.4 Å². The fraction of sp³-hybridized carbons (Fsp3) is 0.467. The van der Waals surface area contributed by atoms with Crippen LogP contribution in [0.3, 0.4) is 0 Å². The van der Waals surface area contributed by atoms with E-state index >= 15 is 0 Å². The maximum Gasteiger partial charge on any atom is 0.125 e. The molecule has 1 saturated heterocycles. The first kappa shape index (κ1) is 23.4. The van der Waals surface area contributed by atoms with Gasteiger partial charge in [0.1, 0.15) is 5.60 Å². The van der Waals surface area contributed by atoms with Crippen LogP contribution in [0.15, 0.2) is 28.7 Å². The average Bonchev–Trinajstić information content (AvgIpc) is 3.51. The molecule has 6 rings (SSSR count). The van der Waals surface area contributed by atoms with Crippen LogP contribution in [0.2, 0.25) is 0 Å². The van der Waals surface area contributed by atoms with Crippen LogP contribution in [0.25, 0.3) is 17.7 Å². The molecule has 5 heterocycles. The van der Waals surface area contributed by atoms with Gasteiger partial charge in [0, 0.05) is 50.9 Å². The zero-order valence-corrected chi connectivity index (χ0v) is 22.5. The molecule has 6 atom stereocenters. The molecule has 6 nitrogen and oxygen atoms in total. The van der Waals surface area contributed by atoms with Crippen LogP contribution < -0.4 is 21.3 Å². The lowest BCUT2D eigenvalue weighted by Gasteiger charge is -2.24. The number of H-pyrrole nitrogens is 2. The van der Waals surface area contributed by atoms with Gasteiger partial charge in [-0.25, -0.2) is 0 Å². The Balaban J connectivity index is 1.68. The molecule has 1 fully saturated rings. The zero-order chi connectivity index (χ0) is 25.8. The van der Waals surface area contributed by atoms with E-state index in [0.717, 1.165) is 61.4 Å². The Morgan fingerprint density at radius 3 is 2.22 bits per heavy atom. The molecule has 0 radical (unpaired) electrons. The Kier molecular flexibility index (Phi) is 4.90. The molecule has 0 amide bonds. The normalized spacial score (nSPS) is 36.7. The molecular weight excluding hydrogens is 448 g/mol. The number of aliphatic hydroxyl groups is 2. The van der Waals surface area contributed by atoms with Gasteiger partial charge in [-0.3, -0.25) is 0 Å². The summed E-state index contributed by atoms with van der Waals surface area (Å²) in [4.78, 5) is 7.30. The third-order valence-corrected chi connectivity index (χ3v) is 9.79. The average molecular weight is 487 g/mol. The smallest absolute Gasteiger partial charge is 0.125 e. The summed E-state index contributed by atoms with van der Waals surface area (Å²) < 4.78 is 0. The van der Waals surface area contributed by atoms with Crippen molar-refractivity contribution in [3.63, 3.8) is 0 Å². The standard InChI is InChI=1S/C30H38N4O2/c1-12-13(2)22-11-24-30(8,36)18(7)23(32-24)10-20-14(3)15(4)27(33-20)25-17(6)29(35)26-16(5)21(34-28(25)26)9-19(12)31-22/h9-11,14-15,17,27,29,31-36H,1-8H3/b20-10-,21-9-,24-11-/t14-,15-,17+,27?,29+,30-/m0/s1. The highest BCUT2D eigenvalue weighted by atomic mass is 16.3. The van der Waals surface area contributed by atoms with Crippen molar-refractivity contribution >= 4 is 17.7 Å². The number of fused-ring (bicyclic) bond motifs is 8. The maximum atomic E-state index is 11.5. The van der Waals surface area contributed by atoms with Gasteiger partial charge in [0.2, 0.25) is 0 Å². The van der Waals surface area contributed by atoms with E-state index in [4.69, 9.17) is 0 Å². The third-order valence-electron chi connectivity index (χ3n) is 9.79. The number of aliphatic hydroxyl groups excluding tert-OH is 1. The monoisotopic (exact) mass is 486 g/mol. The first-order chi connectivity index (χ1) is 16.9. The predicted octanol–water partition coefficient (Wildman–Crippen LogP) is 3.04. The number of rotatable bonds is 0. The van der Waals surface area contributed by atoms with Crippen LogP contribution in [0.4, 0.5) is 0 Å². The topological polar surface area (TPSA) is 96.1 Å². The van der Waals surface area contributed by atoms with Gasteiger partial charge in [-0.15, -0.1) is 0 Å². The van der Waals surface area contributed by atoms with Crippen LogP contribution in [0, 0.1) is 38.5 Å². The molecule has 0 aromatic carbocycles.